The van der Waals surface area contributed by atoms with E-state index in [2.05, 4.69) is 0 Å². The summed E-state index contributed by atoms with van der Waals surface area (Å²) in [5, 5.41) is 0. The first-order valence-corrected chi connectivity index (χ1v) is 5.44. The molecular formula is C10H19F3N2O2. The van der Waals surface area contributed by atoms with Crippen LogP contribution in [0.3, 0.4) is 0 Å². The Kier molecular flexibility index (Phi) is 7.90. The second-order valence-corrected chi connectivity index (χ2v) is 3.63. The summed E-state index contributed by atoms with van der Waals surface area (Å²) in [6.07, 6.45) is -5.33. The molecular weight excluding hydrogens is 237 g/mol. The molecule has 0 aromatic heterocycles. The fraction of sp³-hybridized carbons (Fsp3) is 0.900. The second kappa shape index (κ2) is 8.30. The lowest BCUT2D eigenvalue weighted by atomic mass is 10.2. The van der Waals surface area contributed by atoms with Crippen molar-refractivity contribution in [2.24, 2.45) is 5.73 Å². The highest BCUT2D eigenvalue weighted by Gasteiger charge is 2.29. The van der Waals surface area contributed by atoms with Gasteiger partial charge in [-0.3, -0.25) is 4.79 Å². The zero-order valence-corrected chi connectivity index (χ0v) is 9.92. The van der Waals surface area contributed by atoms with Gasteiger partial charge in [-0.25, -0.2) is 0 Å². The van der Waals surface area contributed by atoms with Crippen LogP contribution in [-0.2, 0) is 9.53 Å². The highest BCUT2D eigenvalue weighted by molar-refractivity contribution is 5.76. The van der Waals surface area contributed by atoms with E-state index in [4.69, 9.17) is 10.5 Å². The van der Waals surface area contributed by atoms with Gasteiger partial charge in [-0.15, -0.1) is 0 Å². The van der Waals surface area contributed by atoms with Crippen LogP contribution in [-0.4, -0.2) is 50.3 Å². The summed E-state index contributed by atoms with van der Waals surface area (Å²) < 4.78 is 40.7. The van der Waals surface area contributed by atoms with Gasteiger partial charge in [0.25, 0.3) is 0 Å². The molecule has 0 saturated heterocycles. The van der Waals surface area contributed by atoms with E-state index in [0.717, 1.165) is 0 Å². The van der Waals surface area contributed by atoms with Crippen molar-refractivity contribution in [1.82, 2.24) is 4.90 Å². The zero-order valence-electron chi connectivity index (χ0n) is 9.92. The summed E-state index contributed by atoms with van der Waals surface area (Å²) in [5.74, 6) is -0.507. The largest absolute Gasteiger partial charge is 0.389 e. The van der Waals surface area contributed by atoms with E-state index in [-0.39, 0.29) is 0 Å². The molecule has 7 heteroatoms. The minimum atomic E-state index is -4.30. The van der Waals surface area contributed by atoms with Crippen LogP contribution in [0.5, 0.6) is 0 Å². The molecule has 0 aliphatic carbocycles. The number of carbonyl (C=O) groups excluding carboxylic acids is 1. The van der Waals surface area contributed by atoms with Gasteiger partial charge in [-0.1, -0.05) is 0 Å². The molecule has 0 aromatic carbocycles. The number of nitrogens with two attached hydrogens (primary N) is 1. The Labute approximate surface area is 98.9 Å². The number of alkyl halides is 3. The lowest BCUT2D eigenvalue weighted by Gasteiger charge is -2.22. The van der Waals surface area contributed by atoms with E-state index in [1.807, 2.05) is 0 Å². The fourth-order valence-electron chi connectivity index (χ4n) is 1.25. The summed E-state index contributed by atoms with van der Waals surface area (Å²) in [6.45, 7) is 1.38. The average Bonchev–Trinajstić information content (AvgIpc) is 2.25. The van der Waals surface area contributed by atoms with Crippen molar-refractivity contribution >= 4 is 5.91 Å². The first kappa shape index (κ1) is 16.2. The molecule has 0 radical (unpaired) electrons. The summed E-state index contributed by atoms with van der Waals surface area (Å²) in [5.41, 5.74) is 5.30. The van der Waals surface area contributed by atoms with E-state index in [9.17, 15) is 18.0 Å². The van der Waals surface area contributed by atoms with Crippen LogP contribution in [0.2, 0.25) is 0 Å². The van der Waals surface area contributed by atoms with E-state index >= 15 is 0 Å². The maximum atomic E-state index is 12.0. The first-order valence-electron chi connectivity index (χ1n) is 5.44. The van der Waals surface area contributed by atoms with Crippen molar-refractivity contribution in [3.63, 3.8) is 0 Å². The first-order chi connectivity index (χ1) is 7.90. The summed E-state index contributed by atoms with van der Waals surface area (Å²) in [6, 6.07) is 0. The van der Waals surface area contributed by atoms with Gasteiger partial charge in [-0.2, -0.15) is 13.2 Å². The van der Waals surface area contributed by atoms with Crippen LogP contribution < -0.4 is 5.73 Å². The molecule has 0 heterocycles. The smallest absolute Gasteiger partial charge is 0.383 e. The molecule has 2 N–H and O–H groups in total. The number of hydrogen-bond acceptors (Lipinski definition) is 3. The molecule has 0 fully saturated rings. The summed E-state index contributed by atoms with van der Waals surface area (Å²) >= 11 is 0. The van der Waals surface area contributed by atoms with Gasteiger partial charge in [0.2, 0.25) is 5.91 Å². The topological polar surface area (TPSA) is 55.6 Å². The molecule has 17 heavy (non-hydrogen) atoms. The molecule has 0 aliphatic heterocycles. The third-order valence-electron chi connectivity index (χ3n) is 2.17. The molecule has 1 amide bonds. The van der Waals surface area contributed by atoms with Gasteiger partial charge < -0.3 is 15.4 Å². The predicted octanol–water partition coefficient (Wildman–Crippen LogP) is 1.15. The van der Waals surface area contributed by atoms with E-state index in [1.165, 1.54) is 12.0 Å². The van der Waals surface area contributed by atoms with E-state index < -0.39 is 24.9 Å². The van der Waals surface area contributed by atoms with Crippen molar-refractivity contribution < 1.29 is 22.7 Å². The second-order valence-electron chi connectivity index (χ2n) is 3.63. The minimum Gasteiger partial charge on any atom is -0.383 e. The van der Waals surface area contributed by atoms with Gasteiger partial charge in [0.1, 0.15) is 0 Å². The molecule has 0 spiro atoms. The fourth-order valence-corrected chi connectivity index (χ4v) is 1.25. The Morgan fingerprint density at radius 3 is 2.47 bits per heavy atom. The maximum absolute atomic E-state index is 12.0. The Balaban J connectivity index is 4.11. The number of carbonyl (C=O) groups is 1. The van der Waals surface area contributed by atoms with E-state index in [0.29, 0.717) is 32.7 Å². The normalized spacial score (nSPS) is 11.6. The van der Waals surface area contributed by atoms with Gasteiger partial charge in [0, 0.05) is 26.6 Å². The lowest BCUT2D eigenvalue weighted by Crippen LogP contribution is -2.36. The van der Waals surface area contributed by atoms with Crippen molar-refractivity contribution in [3.8, 4) is 0 Å². The minimum absolute atomic E-state index is 0.299. The summed E-state index contributed by atoms with van der Waals surface area (Å²) in [4.78, 5) is 12.9. The third-order valence-corrected chi connectivity index (χ3v) is 2.17. The van der Waals surface area contributed by atoms with Crippen molar-refractivity contribution in [3.05, 3.63) is 0 Å². The van der Waals surface area contributed by atoms with Crippen LogP contribution in [0.4, 0.5) is 13.2 Å². The van der Waals surface area contributed by atoms with Gasteiger partial charge in [0.05, 0.1) is 13.0 Å². The van der Waals surface area contributed by atoms with Crippen LogP contribution in [0.1, 0.15) is 19.3 Å². The number of amides is 1. The molecule has 0 saturated carbocycles. The number of methoxy groups -OCH3 is 1. The maximum Gasteiger partial charge on any atom is 0.389 e. The average molecular weight is 256 g/mol. The Morgan fingerprint density at radius 1 is 1.35 bits per heavy atom. The molecule has 0 bridgehead atoms. The number of halogens is 3. The molecule has 0 rings (SSSR count). The number of nitrogens with zero attached hydrogens (tertiary/aromatic N) is 1. The summed E-state index contributed by atoms with van der Waals surface area (Å²) in [7, 11) is 1.47. The Bertz CT molecular complexity index is 214. The quantitative estimate of drug-likeness (QED) is 0.709. The SMILES string of the molecule is COCCN(CCCN)C(=O)CCC(F)(F)F. The third kappa shape index (κ3) is 8.93. The van der Waals surface area contributed by atoms with Crippen LogP contribution in [0.15, 0.2) is 0 Å². The van der Waals surface area contributed by atoms with Crippen LogP contribution in [0.25, 0.3) is 0 Å². The molecule has 0 atom stereocenters. The van der Waals surface area contributed by atoms with Crippen LogP contribution >= 0.6 is 0 Å². The highest BCUT2D eigenvalue weighted by Crippen LogP contribution is 2.21. The number of ether oxygens (including phenoxy) is 1. The molecule has 4 nitrogen and oxygen atoms in total. The molecule has 0 unspecified atom stereocenters. The van der Waals surface area contributed by atoms with Gasteiger partial charge in [0.15, 0.2) is 0 Å². The monoisotopic (exact) mass is 256 g/mol. The molecule has 0 aliphatic rings. The molecule has 0 aromatic rings. The van der Waals surface area contributed by atoms with Crippen molar-refractivity contribution in [2.45, 2.75) is 25.4 Å². The van der Waals surface area contributed by atoms with Gasteiger partial charge >= 0.3 is 6.18 Å². The van der Waals surface area contributed by atoms with Crippen molar-refractivity contribution in [2.75, 3.05) is 33.4 Å². The Hall–Kier alpha value is -0.820. The molecule has 102 valence electrons. The number of hydrogen-bond donors (Lipinski definition) is 1. The van der Waals surface area contributed by atoms with Crippen LogP contribution in [0, 0.1) is 0 Å². The Morgan fingerprint density at radius 2 is 2.00 bits per heavy atom. The van der Waals surface area contributed by atoms with E-state index in [1.54, 1.807) is 0 Å². The lowest BCUT2D eigenvalue weighted by molar-refractivity contribution is -0.149. The van der Waals surface area contributed by atoms with Crippen molar-refractivity contribution in [1.29, 1.82) is 0 Å². The standard InChI is InChI=1S/C10H19F3N2O2/c1-17-8-7-15(6-2-5-14)9(16)3-4-10(11,12)13/h2-8,14H2,1H3. The van der Waals surface area contributed by atoms with Gasteiger partial charge in [-0.05, 0) is 13.0 Å². The number of rotatable bonds is 8. The predicted molar refractivity (Wildman–Crippen MR) is 57.4 cm³/mol. The zero-order chi connectivity index (χ0) is 13.3. The highest BCUT2D eigenvalue weighted by atomic mass is 19.4.